The highest BCUT2D eigenvalue weighted by molar-refractivity contribution is 9.10. The Kier molecular flexibility index (Phi) is 3.97. The maximum atomic E-state index is 13.0. The van der Waals surface area contributed by atoms with E-state index >= 15 is 0 Å². The molecular weight excluding hydrogens is 294 g/mol. The lowest BCUT2D eigenvalue weighted by atomic mass is 9.95. The van der Waals surface area contributed by atoms with Crippen molar-refractivity contribution in [2.24, 2.45) is 16.1 Å². The number of aliphatic imine (C=N–C) groups is 1. The van der Waals surface area contributed by atoms with Gasteiger partial charge in [-0.25, -0.2) is 9.38 Å². The van der Waals surface area contributed by atoms with Gasteiger partial charge in [0.25, 0.3) is 0 Å². The zero-order valence-corrected chi connectivity index (χ0v) is 11.7. The zero-order chi connectivity index (χ0) is 12.5. The van der Waals surface area contributed by atoms with Crippen LogP contribution in [-0.2, 0) is 0 Å². The molecule has 0 saturated heterocycles. The minimum absolute atomic E-state index is 0.235. The SMILES string of the molecule is CC(C)(C)C(N)=Nc1c(Cl)cc(F)cc1Br. The van der Waals surface area contributed by atoms with Gasteiger partial charge in [0.05, 0.1) is 10.7 Å². The molecule has 0 bridgehead atoms. The van der Waals surface area contributed by atoms with Gasteiger partial charge in [-0.05, 0) is 28.1 Å². The molecule has 0 radical (unpaired) electrons. The lowest BCUT2D eigenvalue weighted by Crippen LogP contribution is -2.28. The summed E-state index contributed by atoms with van der Waals surface area (Å²) in [5.41, 5.74) is 6.04. The Balaban J connectivity index is 3.26. The van der Waals surface area contributed by atoms with E-state index < -0.39 is 5.82 Å². The first kappa shape index (κ1) is 13.5. The summed E-state index contributed by atoms with van der Waals surface area (Å²) in [7, 11) is 0. The molecule has 0 unspecified atom stereocenters. The van der Waals surface area contributed by atoms with Crippen LogP contribution in [0.15, 0.2) is 21.6 Å². The van der Waals surface area contributed by atoms with Gasteiger partial charge < -0.3 is 5.73 Å². The number of nitrogens with zero attached hydrogens (tertiary/aromatic N) is 1. The van der Waals surface area contributed by atoms with Crippen LogP contribution >= 0.6 is 27.5 Å². The summed E-state index contributed by atoms with van der Waals surface area (Å²) in [6.45, 7) is 5.82. The van der Waals surface area contributed by atoms with E-state index in [1.54, 1.807) is 0 Å². The second-order valence-corrected chi connectivity index (χ2v) is 5.73. The average Bonchev–Trinajstić information content (AvgIpc) is 2.08. The summed E-state index contributed by atoms with van der Waals surface area (Å²) >= 11 is 9.10. The maximum absolute atomic E-state index is 13.0. The second-order valence-electron chi connectivity index (χ2n) is 4.47. The van der Waals surface area contributed by atoms with E-state index in [2.05, 4.69) is 20.9 Å². The van der Waals surface area contributed by atoms with Gasteiger partial charge in [-0.15, -0.1) is 0 Å². The molecule has 1 aromatic rings. The van der Waals surface area contributed by atoms with E-state index in [9.17, 15) is 4.39 Å². The smallest absolute Gasteiger partial charge is 0.125 e. The Morgan fingerprint density at radius 3 is 2.44 bits per heavy atom. The van der Waals surface area contributed by atoms with E-state index in [0.29, 0.717) is 16.0 Å². The molecule has 1 rings (SSSR count). The Labute approximate surface area is 108 Å². The van der Waals surface area contributed by atoms with Crippen LogP contribution in [0.25, 0.3) is 0 Å². The normalized spacial score (nSPS) is 13.0. The summed E-state index contributed by atoms with van der Waals surface area (Å²) in [6.07, 6.45) is 0. The third-order valence-corrected chi connectivity index (χ3v) is 2.87. The third-order valence-electron chi connectivity index (χ3n) is 1.98. The first-order valence-electron chi connectivity index (χ1n) is 4.71. The largest absolute Gasteiger partial charge is 0.387 e. The summed E-state index contributed by atoms with van der Waals surface area (Å²) in [4.78, 5) is 4.22. The van der Waals surface area contributed by atoms with Crippen molar-refractivity contribution in [1.29, 1.82) is 0 Å². The number of amidine groups is 1. The monoisotopic (exact) mass is 306 g/mol. The van der Waals surface area contributed by atoms with Gasteiger partial charge in [0.15, 0.2) is 0 Å². The highest BCUT2D eigenvalue weighted by Crippen LogP contribution is 2.35. The molecule has 16 heavy (non-hydrogen) atoms. The molecular formula is C11H13BrClFN2. The van der Waals surface area contributed by atoms with Crippen LogP contribution < -0.4 is 5.73 Å². The maximum Gasteiger partial charge on any atom is 0.125 e. The minimum Gasteiger partial charge on any atom is -0.387 e. The Morgan fingerprint density at radius 2 is 2.00 bits per heavy atom. The molecule has 0 atom stereocenters. The fraction of sp³-hybridized carbons (Fsp3) is 0.364. The van der Waals surface area contributed by atoms with Crippen molar-refractivity contribution < 1.29 is 4.39 Å². The van der Waals surface area contributed by atoms with Crippen molar-refractivity contribution in [3.8, 4) is 0 Å². The molecule has 0 fully saturated rings. The summed E-state index contributed by atoms with van der Waals surface area (Å²) in [6, 6.07) is 2.52. The molecule has 0 aliphatic rings. The number of hydrogen-bond donors (Lipinski definition) is 1. The Bertz CT molecular complexity index is 415. The van der Waals surface area contributed by atoms with Gasteiger partial charge in [-0.1, -0.05) is 32.4 Å². The van der Waals surface area contributed by atoms with Gasteiger partial charge in [0, 0.05) is 9.89 Å². The molecule has 0 heterocycles. The van der Waals surface area contributed by atoms with E-state index in [0.717, 1.165) is 0 Å². The van der Waals surface area contributed by atoms with Gasteiger partial charge in [-0.3, -0.25) is 0 Å². The molecule has 2 N–H and O–H groups in total. The summed E-state index contributed by atoms with van der Waals surface area (Å²) in [5.74, 6) is 0.0341. The Morgan fingerprint density at radius 1 is 1.44 bits per heavy atom. The number of benzene rings is 1. The molecule has 0 spiro atoms. The topological polar surface area (TPSA) is 38.4 Å². The molecule has 0 aliphatic carbocycles. The molecule has 5 heteroatoms. The van der Waals surface area contributed by atoms with E-state index in [1.165, 1.54) is 12.1 Å². The molecule has 88 valence electrons. The van der Waals surface area contributed by atoms with E-state index in [-0.39, 0.29) is 10.4 Å². The highest BCUT2D eigenvalue weighted by Gasteiger charge is 2.17. The van der Waals surface area contributed by atoms with Gasteiger partial charge in [-0.2, -0.15) is 0 Å². The van der Waals surface area contributed by atoms with Gasteiger partial charge in [0.2, 0.25) is 0 Å². The van der Waals surface area contributed by atoms with Crippen LogP contribution in [0.1, 0.15) is 20.8 Å². The van der Waals surface area contributed by atoms with Crippen LogP contribution in [0.5, 0.6) is 0 Å². The molecule has 1 aromatic carbocycles. The average molecular weight is 308 g/mol. The van der Waals surface area contributed by atoms with E-state index in [4.69, 9.17) is 17.3 Å². The molecule has 0 saturated carbocycles. The number of nitrogens with two attached hydrogens (primary N) is 1. The number of rotatable bonds is 1. The fourth-order valence-corrected chi connectivity index (χ4v) is 1.81. The highest BCUT2D eigenvalue weighted by atomic mass is 79.9. The van der Waals surface area contributed by atoms with Crippen molar-refractivity contribution in [1.82, 2.24) is 0 Å². The predicted octanol–water partition coefficient (Wildman–Crippen LogP) is 4.28. The minimum atomic E-state index is -0.412. The number of hydrogen-bond acceptors (Lipinski definition) is 1. The molecule has 0 aliphatic heterocycles. The second kappa shape index (κ2) is 4.72. The first-order valence-corrected chi connectivity index (χ1v) is 5.88. The molecule has 0 amide bonds. The Hall–Kier alpha value is -0.610. The first-order chi connectivity index (χ1) is 7.21. The third kappa shape index (κ3) is 3.19. The van der Waals surface area contributed by atoms with Crippen molar-refractivity contribution in [2.45, 2.75) is 20.8 Å². The van der Waals surface area contributed by atoms with Crippen LogP contribution in [-0.4, -0.2) is 5.84 Å². The van der Waals surface area contributed by atoms with E-state index in [1.807, 2.05) is 20.8 Å². The van der Waals surface area contributed by atoms with Gasteiger partial charge in [0.1, 0.15) is 11.7 Å². The summed E-state index contributed by atoms with van der Waals surface area (Å²) < 4.78 is 13.5. The van der Waals surface area contributed by atoms with Crippen LogP contribution in [0, 0.1) is 11.2 Å². The van der Waals surface area contributed by atoms with Gasteiger partial charge >= 0.3 is 0 Å². The predicted molar refractivity (Wildman–Crippen MR) is 69.8 cm³/mol. The van der Waals surface area contributed by atoms with Crippen molar-refractivity contribution in [2.75, 3.05) is 0 Å². The quantitative estimate of drug-likeness (QED) is 0.610. The van der Waals surface area contributed by atoms with Crippen LogP contribution in [0.3, 0.4) is 0 Å². The van der Waals surface area contributed by atoms with Crippen molar-refractivity contribution in [3.05, 3.63) is 27.4 Å². The fourth-order valence-electron chi connectivity index (χ4n) is 0.930. The van der Waals surface area contributed by atoms with Crippen molar-refractivity contribution in [3.63, 3.8) is 0 Å². The van der Waals surface area contributed by atoms with Crippen LogP contribution in [0.4, 0.5) is 10.1 Å². The van der Waals surface area contributed by atoms with Crippen LogP contribution in [0.2, 0.25) is 5.02 Å². The molecule has 0 aromatic heterocycles. The lowest BCUT2D eigenvalue weighted by Gasteiger charge is -2.17. The zero-order valence-electron chi connectivity index (χ0n) is 9.31. The molecule has 2 nitrogen and oxygen atoms in total. The van der Waals surface area contributed by atoms with Crippen molar-refractivity contribution >= 4 is 39.1 Å². The lowest BCUT2D eigenvalue weighted by molar-refractivity contribution is 0.585. The number of halogens is 3. The summed E-state index contributed by atoms with van der Waals surface area (Å²) in [5, 5.41) is 0.235. The standard InChI is InChI=1S/C11H13BrClFN2/c1-11(2,3)10(15)16-9-7(12)4-6(14)5-8(9)13/h4-5H,1-3H3,(H2,15,16).